The van der Waals surface area contributed by atoms with E-state index in [1.807, 2.05) is 43.4 Å². The number of rotatable bonds is 10. The van der Waals surface area contributed by atoms with Crippen molar-refractivity contribution < 1.29 is 23.5 Å². The van der Waals surface area contributed by atoms with Gasteiger partial charge in [0.2, 0.25) is 9.04 Å². The lowest BCUT2D eigenvalue weighted by atomic mass is 9.90. The van der Waals surface area contributed by atoms with E-state index in [1.54, 1.807) is 14.0 Å². The van der Waals surface area contributed by atoms with E-state index in [-0.39, 0.29) is 25.2 Å². The van der Waals surface area contributed by atoms with Crippen LogP contribution < -0.4 is 0 Å². The molecule has 1 aliphatic heterocycles. The van der Waals surface area contributed by atoms with Gasteiger partial charge in [-0.25, -0.2) is 0 Å². The Morgan fingerprint density at radius 2 is 1.93 bits per heavy atom. The first kappa shape index (κ1) is 23.2. The van der Waals surface area contributed by atoms with E-state index in [9.17, 15) is 9.59 Å². The Balaban J connectivity index is 2.44. The normalized spacial score (nSPS) is 16.6. The van der Waals surface area contributed by atoms with Crippen molar-refractivity contribution in [2.24, 2.45) is 0 Å². The highest BCUT2D eigenvalue weighted by Gasteiger charge is 2.46. The van der Waals surface area contributed by atoms with Crippen LogP contribution in [0.4, 0.5) is 0 Å². The van der Waals surface area contributed by atoms with Crippen LogP contribution in [-0.2, 0) is 23.5 Å². The first-order chi connectivity index (χ1) is 13.8. The van der Waals surface area contributed by atoms with E-state index in [1.165, 1.54) is 4.90 Å². The van der Waals surface area contributed by atoms with Gasteiger partial charge in [0.1, 0.15) is 17.9 Å². The maximum Gasteiger partial charge on any atom is 0.318 e. The summed E-state index contributed by atoms with van der Waals surface area (Å²) in [5, 5.41) is 0. The Kier molecular flexibility index (Phi) is 8.46. The average molecular weight is 420 g/mol. The predicted molar refractivity (Wildman–Crippen MR) is 116 cm³/mol. The summed E-state index contributed by atoms with van der Waals surface area (Å²) in [6, 6.07) is 9.37. The van der Waals surface area contributed by atoms with E-state index in [0.29, 0.717) is 17.8 Å². The van der Waals surface area contributed by atoms with Crippen LogP contribution in [0.2, 0.25) is 13.1 Å². The Hall–Kier alpha value is -2.12. The van der Waals surface area contributed by atoms with Gasteiger partial charge in [-0.1, -0.05) is 56.5 Å². The van der Waals surface area contributed by atoms with Gasteiger partial charge in [0.25, 0.3) is 5.91 Å². The number of amides is 1. The Morgan fingerprint density at radius 3 is 2.52 bits per heavy atom. The lowest BCUT2D eigenvalue weighted by Crippen LogP contribution is -2.58. The van der Waals surface area contributed by atoms with Gasteiger partial charge in [-0.2, -0.15) is 0 Å². The van der Waals surface area contributed by atoms with Crippen LogP contribution in [-0.4, -0.2) is 51.8 Å². The zero-order valence-corrected chi connectivity index (χ0v) is 19.3. The van der Waals surface area contributed by atoms with Gasteiger partial charge in [-0.05, 0) is 32.0 Å². The third-order valence-corrected chi connectivity index (χ3v) is 5.77. The van der Waals surface area contributed by atoms with Gasteiger partial charge in [0.05, 0.1) is 5.57 Å². The molecule has 29 heavy (non-hydrogen) atoms. The highest BCUT2D eigenvalue weighted by atomic mass is 28.3. The molecule has 2 rings (SSSR count). The number of ether oxygens (including phenoxy) is 2. The summed E-state index contributed by atoms with van der Waals surface area (Å²) >= 11 is 0. The fourth-order valence-corrected chi connectivity index (χ4v) is 4.12. The van der Waals surface area contributed by atoms with E-state index < -0.39 is 14.6 Å². The van der Waals surface area contributed by atoms with Crippen LogP contribution in [0.25, 0.3) is 5.57 Å². The molecular weight excluding hydrogens is 386 g/mol. The monoisotopic (exact) mass is 419 g/mol. The molecule has 6 nitrogen and oxygen atoms in total. The Morgan fingerprint density at radius 1 is 1.24 bits per heavy atom. The molecule has 1 aromatic rings. The molecule has 7 heteroatoms. The van der Waals surface area contributed by atoms with Crippen molar-refractivity contribution >= 4 is 26.5 Å². The molecule has 1 heterocycles. The molecule has 0 radical (unpaired) electrons. The summed E-state index contributed by atoms with van der Waals surface area (Å²) in [7, 11) is -0.0383. The van der Waals surface area contributed by atoms with Crippen molar-refractivity contribution in [2.45, 2.75) is 58.2 Å². The molecule has 0 N–H and O–H groups in total. The van der Waals surface area contributed by atoms with Gasteiger partial charge >= 0.3 is 5.97 Å². The average Bonchev–Trinajstić information content (AvgIpc) is 2.68. The Bertz CT molecular complexity index is 734. The molecule has 160 valence electrons. The summed E-state index contributed by atoms with van der Waals surface area (Å²) in [4.78, 5) is 28.2. The summed E-state index contributed by atoms with van der Waals surface area (Å²) in [5.74, 6) is -0.0758. The van der Waals surface area contributed by atoms with Gasteiger partial charge in [-0.15, -0.1) is 0 Å². The number of nitrogens with zero attached hydrogens (tertiary/aromatic N) is 1. The molecule has 1 unspecified atom stereocenters. The van der Waals surface area contributed by atoms with Crippen molar-refractivity contribution in [3.8, 4) is 0 Å². The summed E-state index contributed by atoms with van der Waals surface area (Å²) in [6.07, 6.45) is 3.39. The number of hydrogen-bond acceptors (Lipinski definition) is 5. The molecule has 0 aliphatic carbocycles. The van der Waals surface area contributed by atoms with Gasteiger partial charge < -0.3 is 13.9 Å². The molecule has 0 saturated heterocycles. The van der Waals surface area contributed by atoms with Crippen LogP contribution in [0.5, 0.6) is 0 Å². The molecule has 0 fully saturated rings. The molecule has 0 saturated carbocycles. The zero-order valence-electron chi connectivity index (χ0n) is 18.2. The highest BCUT2D eigenvalue weighted by Crippen LogP contribution is 2.34. The topological polar surface area (TPSA) is 65.1 Å². The molecular formula is C22H33NO5Si. The van der Waals surface area contributed by atoms with Crippen LogP contribution >= 0.6 is 0 Å². The number of hydrogen-bond donors (Lipinski definition) is 0. The van der Waals surface area contributed by atoms with Crippen LogP contribution in [0.15, 0.2) is 36.1 Å². The molecule has 0 bridgehead atoms. The third-order valence-electron chi connectivity index (χ3n) is 5.09. The first-order valence-electron chi connectivity index (χ1n) is 10.3. The van der Waals surface area contributed by atoms with Crippen LogP contribution in [0.3, 0.4) is 0 Å². The lowest BCUT2D eigenvalue weighted by molar-refractivity contribution is -0.161. The number of carbonyl (C=O) groups excluding carboxylic acids is 2. The molecule has 1 atom stereocenters. The van der Waals surface area contributed by atoms with Crippen molar-refractivity contribution in [3.05, 3.63) is 41.7 Å². The molecule has 0 spiro atoms. The van der Waals surface area contributed by atoms with Gasteiger partial charge in [0, 0.05) is 7.11 Å². The predicted octanol–water partition coefficient (Wildman–Crippen LogP) is 3.73. The Labute approximate surface area is 175 Å². The highest BCUT2D eigenvalue weighted by molar-refractivity contribution is 6.50. The van der Waals surface area contributed by atoms with E-state index in [4.69, 9.17) is 13.9 Å². The first-order valence-corrected chi connectivity index (χ1v) is 13.1. The van der Waals surface area contributed by atoms with Crippen molar-refractivity contribution in [3.63, 3.8) is 0 Å². The van der Waals surface area contributed by atoms with Crippen LogP contribution in [0.1, 0.15) is 45.1 Å². The number of methoxy groups -OCH3 is 1. The van der Waals surface area contributed by atoms with Crippen molar-refractivity contribution in [1.29, 1.82) is 0 Å². The second-order valence-corrected chi connectivity index (χ2v) is 10.1. The largest absolute Gasteiger partial charge is 0.521 e. The van der Waals surface area contributed by atoms with E-state index >= 15 is 0 Å². The zero-order chi connectivity index (χ0) is 21.4. The lowest BCUT2D eigenvalue weighted by Gasteiger charge is -2.42. The molecule has 1 aliphatic rings. The van der Waals surface area contributed by atoms with Crippen LogP contribution in [0, 0.1) is 0 Å². The molecule has 1 aromatic carbocycles. The SMILES string of the molecule is CCCCCC(C)(C(=O)O[SiH](C)C)N1COC(COC)=C(c2ccccc2)C1=O. The third kappa shape index (κ3) is 5.48. The molecule has 1 amide bonds. The molecule has 0 aromatic heterocycles. The van der Waals surface area contributed by atoms with E-state index in [0.717, 1.165) is 24.8 Å². The number of benzene rings is 1. The number of carbonyl (C=O) groups is 2. The number of unbranched alkanes of at least 4 members (excludes halogenated alkanes) is 2. The fourth-order valence-electron chi connectivity index (χ4n) is 3.44. The summed E-state index contributed by atoms with van der Waals surface area (Å²) < 4.78 is 16.9. The van der Waals surface area contributed by atoms with Gasteiger partial charge in [0.15, 0.2) is 6.73 Å². The second-order valence-electron chi connectivity index (χ2n) is 7.79. The van der Waals surface area contributed by atoms with Crippen molar-refractivity contribution in [1.82, 2.24) is 4.90 Å². The quantitative estimate of drug-likeness (QED) is 0.427. The smallest absolute Gasteiger partial charge is 0.318 e. The minimum Gasteiger partial charge on any atom is -0.521 e. The summed E-state index contributed by atoms with van der Waals surface area (Å²) in [5.41, 5.74) is 0.120. The fraction of sp³-hybridized carbons (Fsp3) is 0.545. The maximum absolute atomic E-state index is 13.6. The maximum atomic E-state index is 13.6. The second kappa shape index (κ2) is 10.6. The minimum atomic E-state index is -1.60. The van der Waals surface area contributed by atoms with E-state index in [2.05, 4.69) is 6.92 Å². The van der Waals surface area contributed by atoms with Gasteiger partial charge in [-0.3, -0.25) is 14.5 Å². The minimum absolute atomic E-state index is 0.00519. The standard InChI is InChI=1S/C22H33NO5Si/c1-6-7-11-14-22(2,21(25)28-29(4)5)23-16-27-18(15-26-3)19(20(23)24)17-12-9-8-10-13-17/h8-10,12-13,29H,6-7,11,14-16H2,1-5H3. The van der Waals surface area contributed by atoms with Crippen molar-refractivity contribution in [2.75, 3.05) is 20.4 Å². The summed E-state index contributed by atoms with van der Waals surface area (Å²) in [6.45, 7) is 8.01.